The molecule has 39 heteroatoms. The van der Waals surface area contributed by atoms with Gasteiger partial charge in [-0.25, -0.2) is 0 Å². The van der Waals surface area contributed by atoms with E-state index >= 15 is 0 Å². The lowest BCUT2D eigenvalue weighted by Crippen LogP contribution is -2.80. The van der Waals surface area contributed by atoms with Gasteiger partial charge in [-0.3, -0.25) is 0 Å². The van der Waals surface area contributed by atoms with Crippen molar-refractivity contribution < 1.29 is 167 Å². The van der Waals surface area contributed by atoms with Crippen LogP contribution in [0.4, 0.5) is 167 Å². The van der Waals surface area contributed by atoms with Crippen LogP contribution in [0.1, 0.15) is 0 Å². The summed E-state index contributed by atoms with van der Waals surface area (Å²) in [7, 11) is 0. The molecule has 0 unspecified atom stereocenters. The summed E-state index contributed by atoms with van der Waals surface area (Å²) in [4.78, 5) is 0. The molecular weight excluding hydrogens is 1020 g/mol. The average molecular weight is 1020 g/mol. The quantitative estimate of drug-likeness (QED) is 0.143. The fraction of sp³-hybridized carbons (Fsp3) is 1.00. The molecule has 0 aromatic carbocycles. The van der Waals surface area contributed by atoms with Crippen molar-refractivity contribution in [3.63, 3.8) is 0 Å². The molecule has 0 aliphatic heterocycles. The second-order valence-electron chi connectivity index (χ2n) is 10.2. The van der Waals surface area contributed by atoms with E-state index < -0.39 is 107 Å². The normalized spacial score (nSPS) is 17.2. The molecule has 0 heterocycles. The van der Waals surface area contributed by atoms with E-state index in [4.69, 9.17) is 0 Å². The highest BCUT2D eigenvalue weighted by atomic mass is 79.9. The number of rotatable bonds is 15. The zero-order chi connectivity index (χ0) is 47.0. The second-order valence-corrected chi connectivity index (χ2v) is 10.2. The van der Waals surface area contributed by atoms with Gasteiger partial charge in [0.25, 0.3) is 0 Å². The Kier molecular flexibility index (Phi) is 13.4. The van der Waals surface area contributed by atoms with Crippen LogP contribution in [-0.4, -0.2) is 107 Å². The molecule has 0 atom stereocenters. The molecule has 0 aromatic heterocycles. The monoisotopic (exact) mass is 1020 g/mol. The molecule has 0 fully saturated rings. The van der Waals surface area contributed by atoms with Crippen molar-refractivity contribution in [2.24, 2.45) is 0 Å². The Labute approximate surface area is 292 Å². The zero-order valence-corrected chi connectivity index (χ0v) is 25.5. The first-order valence-corrected chi connectivity index (χ1v) is 11.4. The van der Waals surface area contributed by atoms with Crippen molar-refractivity contribution in [2.45, 2.75) is 107 Å². The van der Waals surface area contributed by atoms with Gasteiger partial charge in [-0.05, 0) is 0 Å². The molecule has 346 valence electrons. The number of hydrogen-bond acceptors (Lipinski definition) is 0. The minimum absolute atomic E-state index is 0. The Bertz CT molecular complexity index is 1330. The van der Waals surface area contributed by atoms with Gasteiger partial charge in [0, 0.05) is 0 Å². The lowest BCUT2D eigenvalue weighted by atomic mass is 9.82. The molecule has 0 saturated carbocycles. The van der Waals surface area contributed by atoms with Gasteiger partial charge in [0.15, 0.2) is 0 Å². The van der Waals surface area contributed by atoms with E-state index in [1.807, 2.05) is 0 Å². The fourth-order valence-electron chi connectivity index (χ4n) is 3.12. The Morgan fingerprint density at radius 2 is 0.158 bits per heavy atom. The van der Waals surface area contributed by atoms with Gasteiger partial charge in [-0.1, -0.05) is 0 Å². The summed E-state index contributed by atoms with van der Waals surface area (Å²) < 4.78 is 503. The first-order chi connectivity index (χ1) is 23.2. The molecular formula is C18HBrF38. The van der Waals surface area contributed by atoms with Crippen molar-refractivity contribution in [1.82, 2.24) is 0 Å². The molecule has 0 nitrogen and oxygen atoms in total. The Balaban J connectivity index is 0. The first-order valence-electron chi connectivity index (χ1n) is 11.4. The zero-order valence-electron chi connectivity index (χ0n) is 23.8. The van der Waals surface area contributed by atoms with Crippen molar-refractivity contribution in [1.29, 1.82) is 0 Å². The molecule has 0 radical (unpaired) electrons. The van der Waals surface area contributed by atoms with Crippen LogP contribution in [0.15, 0.2) is 0 Å². The van der Waals surface area contributed by atoms with Gasteiger partial charge in [-0.15, -0.1) is 17.0 Å². The van der Waals surface area contributed by atoms with Crippen LogP contribution < -0.4 is 0 Å². The van der Waals surface area contributed by atoms with Crippen molar-refractivity contribution in [3.8, 4) is 0 Å². The van der Waals surface area contributed by atoms with E-state index in [1.165, 1.54) is 0 Å². The summed E-state index contributed by atoms with van der Waals surface area (Å²) in [6, 6.07) is 0. The highest BCUT2D eigenvalue weighted by Crippen LogP contribution is 2.70. The van der Waals surface area contributed by atoms with Crippen LogP contribution in [-0.2, 0) is 0 Å². The van der Waals surface area contributed by atoms with E-state index in [0.717, 1.165) is 0 Å². The predicted molar refractivity (Wildman–Crippen MR) is 102 cm³/mol. The SMILES string of the molecule is Br.FC(F)(F)C(F)(F)C(F)(F)C(F)(F)C(F)(F)C(F)(F)C(F)(F)C(F)(F)C(F)(F)C(F)(F)C(F)(F)C(F)(F)C(F)(F)C(F)(F)C(F)(F)C(F)(F)C(F)(F)C(F)(F)F. The summed E-state index contributed by atoms with van der Waals surface area (Å²) in [6.45, 7) is 0. The van der Waals surface area contributed by atoms with Crippen LogP contribution in [0.2, 0.25) is 0 Å². The largest absolute Gasteiger partial charge is 0.460 e. The van der Waals surface area contributed by atoms with Crippen LogP contribution in [0, 0.1) is 0 Å². The average Bonchev–Trinajstić information content (AvgIpc) is 2.94. The molecule has 0 spiro atoms. The molecule has 0 aliphatic carbocycles. The third-order valence-corrected chi connectivity index (χ3v) is 6.63. The maximum atomic E-state index is 13.8. The summed E-state index contributed by atoms with van der Waals surface area (Å²) in [5, 5.41) is 0. The Morgan fingerprint density at radius 1 is 0.105 bits per heavy atom. The summed E-state index contributed by atoms with van der Waals surface area (Å²) >= 11 is 0. The van der Waals surface area contributed by atoms with Gasteiger partial charge in [-0.2, -0.15) is 167 Å². The van der Waals surface area contributed by atoms with Crippen LogP contribution in [0.3, 0.4) is 0 Å². The molecule has 0 amide bonds. The van der Waals surface area contributed by atoms with Gasteiger partial charge in [0.05, 0.1) is 0 Å². The summed E-state index contributed by atoms with van der Waals surface area (Å²) in [5.41, 5.74) is 0. The molecule has 0 aliphatic rings. The second kappa shape index (κ2) is 13.4. The van der Waals surface area contributed by atoms with Crippen molar-refractivity contribution in [2.75, 3.05) is 0 Å². The molecule has 0 aromatic rings. The van der Waals surface area contributed by atoms with Crippen molar-refractivity contribution in [3.05, 3.63) is 0 Å². The predicted octanol–water partition coefficient (Wildman–Crippen LogP) is 12.9. The van der Waals surface area contributed by atoms with Gasteiger partial charge in [0.1, 0.15) is 0 Å². The fourth-order valence-corrected chi connectivity index (χ4v) is 3.12. The number of halogens is 39. The van der Waals surface area contributed by atoms with E-state index in [9.17, 15) is 167 Å². The molecule has 0 saturated heterocycles. The van der Waals surface area contributed by atoms with Gasteiger partial charge >= 0.3 is 107 Å². The molecule has 0 rings (SSSR count). The Morgan fingerprint density at radius 3 is 0.211 bits per heavy atom. The van der Waals surface area contributed by atoms with Gasteiger partial charge < -0.3 is 0 Å². The van der Waals surface area contributed by atoms with E-state index in [2.05, 4.69) is 0 Å². The third kappa shape index (κ3) is 6.35. The highest BCUT2D eigenvalue weighted by Gasteiger charge is 3.02. The van der Waals surface area contributed by atoms with E-state index in [0.29, 0.717) is 0 Å². The standard InChI is InChI=1S/C18F38.BrH/c19-1(20,3(23,24)5(27,28)7(31,32)9(35,36)11(39,40)13(43,44)15(47,48)17(51,52)53)2(21,22)4(25,26)6(29,30)8(33,34)10(37,38)12(41,42)14(45,46)16(49,50)18(54,55)56;/h;1H. The minimum atomic E-state index is -10.5. The summed E-state index contributed by atoms with van der Waals surface area (Å²) in [5.74, 6) is -160. The minimum Gasteiger partial charge on any atom is -0.192 e. The summed E-state index contributed by atoms with van der Waals surface area (Å²) in [6.07, 6.45) is -16.9. The number of alkyl halides is 38. The molecule has 0 bridgehead atoms. The highest BCUT2D eigenvalue weighted by molar-refractivity contribution is 8.93. The number of hydrogen-bond donors (Lipinski definition) is 0. The molecule has 0 N–H and O–H groups in total. The maximum Gasteiger partial charge on any atom is 0.460 e. The lowest BCUT2D eigenvalue weighted by molar-refractivity contribution is -0.494. The van der Waals surface area contributed by atoms with E-state index in [-0.39, 0.29) is 17.0 Å². The maximum absolute atomic E-state index is 13.8. The smallest absolute Gasteiger partial charge is 0.192 e. The van der Waals surface area contributed by atoms with Crippen LogP contribution in [0.5, 0.6) is 0 Å². The van der Waals surface area contributed by atoms with Gasteiger partial charge in [0.2, 0.25) is 0 Å². The Hall–Kier alpha value is -2.18. The molecule has 57 heavy (non-hydrogen) atoms. The third-order valence-electron chi connectivity index (χ3n) is 6.63. The van der Waals surface area contributed by atoms with Crippen LogP contribution >= 0.6 is 17.0 Å². The first kappa shape index (κ1) is 56.9. The topological polar surface area (TPSA) is 0 Å². The van der Waals surface area contributed by atoms with Crippen molar-refractivity contribution >= 4 is 17.0 Å². The lowest BCUT2D eigenvalue weighted by Gasteiger charge is -2.47. The van der Waals surface area contributed by atoms with E-state index in [1.54, 1.807) is 0 Å². The van der Waals surface area contributed by atoms with Crippen LogP contribution in [0.25, 0.3) is 0 Å².